The van der Waals surface area contributed by atoms with Gasteiger partial charge in [-0.1, -0.05) is 46.6 Å². The summed E-state index contributed by atoms with van der Waals surface area (Å²) >= 11 is 9.58. The SMILES string of the molecule is CCC(N)C(Oc1ccc(Br)c(C)c1)c1cccc(Cl)c1. The minimum Gasteiger partial charge on any atom is -0.484 e. The normalized spacial score (nSPS) is 13.8. The van der Waals surface area contributed by atoms with Crippen molar-refractivity contribution in [3.05, 3.63) is 63.1 Å². The first kappa shape index (κ1) is 16.3. The fourth-order valence-corrected chi connectivity index (χ4v) is 2.58. The van der Waals surface area contributed by atoms with Crippen molar-refractivity contribution >= 4 is 27.5 Å². The van der Waals surface area contributed by atoms with Crippen molar-refractivity contribution in [3.8, 4) is 5.75 Å². The molecule has 112 valence electrons. The molecule has 0 fully saturated rings. The third kappa shape index (κ3) is 4.22. The van der Waals surface area contributed by atoms with Crippen molar-refractivity contribution in [1.82, 2.24) is 0 Å². The second-order valence-corrected chi connectivity index (χ2v) is 6.37. The fraction of sp³-hybridized carbons (Fsp3) is 0.294. The Bertz CT molecular complexity index is 617. The van der Waals surface area contributed by atoms with Crippen molar-refractivity contribution in [2.75, 3.05) is 0 Å². The van der Waals surface area contributed by atoms with Crippen LogP contribution in [0.1, 0.15) is 30.6 Å². The lowest BCUT2D eigenvalue weighted by molar-refractivity contribution is 0.171. The molecular weight excluding hydrogens is 350 g/mol. The van der Waals surface area contributed by atoms with Gasteiger partial charge in [0, 0.05) is 15.5 Å². The summed E-state index contributed by atoms with van der Waals surface area (Å²) in [7, 11) is 0. The lowest BCUT2D eigenvalue weighted by Crippen LogP contribution is -2.31. The maximum Gasteiger partial charge on any atom is 0.139 e. The highest BCUT2D eigenvalue weighted by atomic mass is 79.9. The van der Waals surface area contributed by atoms with E-state index in [0.717, 1.165) is 27.8 Å². The average Bonchev–Trinajstić information content (AvgIpc) is 2.47. The van der Waals surface area contributed by atoms with Crippen LogP contribution in [-0.2, 0) is 0 Å². The number of halogens is 2. The van der Waals surface area contributed by atoms with E-state index in [1.165, 1.54) is 0 Å². The smallest absolute Gasteiger partial charge is 0.139 e. The molecule has 0 bridgehead atoms. The third-order valence-corrected chi connectivity index (χ3v) is 4.55. The first-order valence-electron chi connectivity index (χ1n) is 6.95. The minimum absolute atomic E-state index is 0.0904. The van der Waals surface area contributed by atoms with Gasteiger partial charge in [-0.3, -0.25) is 0 Å². The third-order valence-electron chi connectivity index (χ3n) is 3.43. The first-order valence-corrected chi connectivity index (χ1v) is 8.12. The highest BCUT2D eigenvalue weighted by molar-refractivity contribution is 9.10. The maximum atomic E-state index is 6.24. The molecule has 2 nitrogen and oxygen atoms in total. The molecule has 0 spiro atoms. The molecule has 0 heterocycles. The van der Waals surface area contributed by atoms with Crippen LogP contribution < -0.4 is 10.5 Å². The van der Waals surface area contributed by atoms with Crippen molar-refractivity contribution in [3.63, 3.8) is 0 Å². The van der Waals surface area contributed by atoms with Gasteiger partial charge in [0.25, 0.3) is 0 Å². The van der Waals surface area contributed by atoms with Gasteiger partial charge in [-0.25, -0.2) is 0 Å². The summed E-state index contributed by atoms with van der Waals surface area (Å²) in [6.07, 6.45) is 0.612. The van der Waals surface area contributed by atoms with Gasteiger partial charge in [0.1, 0.15) is 11.9 Å². The Morgan fingerprint density at radius 1 is 1.24 bits per heavy atom. The molecule has 0 aliphatic rings. The summed E-state index contributed by atoms with van der Waals surface area (Å²) in [5.74, 6) is 0.810. The van der Waals surface area contributed by atoms with Gasteiger partial charge < -0.3 is 10.5 Å². The Labute approximate surface area is 139 Å². The van der Waals surface area contributed by atoms with E-state index in [1.54, 1.807) is 0 Å². The van der Waals surface area contributed by atoms with Crippen LogP contribution in [0.4, 0.5) is 0 Å². The number of hydrogen-bond acceptors (Lipinski definition) is 2. The monoisotopic (exact) mass is 367 g/mol. The van der Waals surface area contributed by atoms with Crippen LogP contribution in [-0.4, -0.2) is 6.04 Å². The Balaban J connectivity index is 2.30. The average molecular weight is 369 g/mol. The predicted molar refractivity (Wildman–Crippen MR) is 92.0 cm³/mol. The molecule has 0 aromatic heterocycles. The molecule has 0 aliphatic heterocycles. The maximum absolute atomic E-state index is 6.24. The molecule has 2 aromatic carbocycles. The number of nitrogens with two attached hydrogens (primary N) is 1. The highest BCUT2D eigenvalue weighted by Crippen LogP contribution is 2.29. The molecule has 0 saturated carbocycles. The van der Waals surface area contributed by atoms with E-state index in [9.17, 15) is 0 Å². The molecule has 2 rings (SSSR count). The number of hydrogen-bond donors (Lipinski definition) is 1. The van der Waals surface area contributed by atoms with Gasteiger partial charge in [0.15, 0.2) is 0 Å². The van der Waals surface area contributed by atoms with Crippen LogP contribution in [0.3, 0.4) is 0 Å². The molecule has 0 amide bonds. The molecule has 0 saturated heterocycles. The van der Waals surface area contributed by atoms with E-state index >= 15 is 0 Å². The van der Waals surface area contributed by atoms with Crippen molar-refractivity contribution in [2.24, 2.45) is 5.73 Å². The molecular formula is C17H19BrClNO. The van der Waals surface area contributed by atoms with Gasteiger partial charge in [0.2, 0.25) is 0 Å². The summed E-state index contributed by atoms with van der Waals surface area (Å²) in [6.45, 7) is 4.09. The number of ether oxygens (including phenoxy) is 1. The molecule has 2 N–H and O–H groups in total. The van der Waals surface area contributed by atoms with Gasteiger partial charge in [-0.05, 0) is 54.8 Å². The van der Waals surface area contributed by atoms with Gasteiger partial charge >= 0.3 is 0 Å². The van der Waals surface area contributed by atoms with Crippen molar-refractivity contribution < 1.29 is 4.74 Å². The zero-order chi connectivity index (χ0) is 15.4. The Morgan fingerprint density at radius 2 is 2.00 bits per heavy atom. The zero-order valence-corrected chi connectivity index (χ0v) is 14.5. The summed E-state index contributed by atoms with van der Waals surface area (Å²) in [5, 5.41) is 0.691. The van der Waals surface area contributed by atoms with Gasteiger partial charge in [-0.15, -0.1) is 0 Å². The zero-order valence-electron chi connectivity index (χ0n) is 12.1. The first-order chi connectivity index (χ1) is 10.0. The molecule has 0 aliphatic carbocycles. The predicted octanol–water partition coefficient (Wildman–Crippen LogP) is 5.27. The summed E-state index contributed by atoms with van der Waals surface area (Å²) in [4.78, 5) is 0. The fourth-order valence-electron chi connectivity index (χ4n) is 2.14. The summed E-state index contributed by atoms with van der Waals surface area (Å²) in [5.41, 5.74) is 8.36. The van der Waals surface area contributed by atoms with E-state index in [2.05, 4.69) is 22.9 Å². The van der Waals surface area contributed by atoms with E-state index < -0.39 is 0 Å². The summed E-state index contributed by atoms with van der Waals surface area (Å²) in [6, 6.07) is 13.5. The van der Waals surface area contributed by atoms with Crippen LogP contribution >= 0.6 is 27.5 Å². The van der Waals surface area contributed by atoms with E-state index in [0.29, 0.717) is 5.02 Å². The Kier molecular flexibility index (Phi) is 5.68. The van der Waals surface area contributed by atoms with Crippen LogP contribution in [0.2, 0.25) is 5.02 Å². The van der Waals surface area contributed by atoms with E-state index in [4.69, 9.17) is 22.1 Å². The minimum atomic E-state index is -0.214. The molecule has 4 heteroatoms. The number of benzene rings is 2. The topological polar surface area (TPSA) is 35.2 Å². The highest BCUT2D eigenvalue weighted by Gasteiger charge is 2.21. The van der Waals surface area contributed by atoms with Crippen molar-refractivity contribution in [1.29, 1.82) is 0 Å². The lowest BCUT2D eigenvalue weighted by Gasteiger charge is -2.25. The molecule has 2 aromatic rings. The second kappa shape index (κ2) is 7.30. The van der Waals surface area contributed by atoms with Gasteiger partial charge in [0.05, 0.1) is 0 Å². The van der Waals surface area contributed by atoms with Crippen LogP contribution in [0.5, 0.6) is 5.75 Å². The van der Waals surface area contributed by atoms with E-state index in [1.807, 2.05) is 49.4 Å². The standard InChI is InChI=1S/C17H19BrClNO/c1-3-16(20)17(12-5-4-6-13(19)10-12)21-14-7-8-15(18)11(2)9-14/h4-10,16-17H,3,20H2,1-2H3. The molecule has 2 unspecified atom stereocenters. The Hall–Kier alpha value is -1.03. The van der Waals surface area contributed by atoms with E-state index in [-0.39, 0.29) is 12.1 Å². The van der Waals surface area contributed by atoms with Gasteiger partial charge in [-0.2, -0.15) is 0 Å². The van der Waals surface area contributed by atoms with Crippen LogP contribution in [0.15, 0.2) is 46.9 Å². The Morgan fingerprint density at radius 3 is 2.62 bits per heavy atom. The van der Waals surface area contributed by atoms with Crippen molar-refractivity contribution in [2.45, 2.75) is 32.4 Å². The van der Waals surface area contributed by atoms with Crippen LogP contribution in [0.25, 0.3) is 0 Å². The quantitative estimate of drug-likeness (QED) is 0.780. The summed E-state index contributed by atoms with van der Waals surface area (Å²) < 4.78 is 7.20. The molecule has 21 heavy (non-hydrogen) atoms. The number of rotatable bonds is 5. The van der Waals surface area contributed by atoms with Crippen LogP contribution in [0, 0.1) is 6.92 Å². The second-order valence-electron chi connectivity index (χ2n) is 5.08. The number of aryl methyl sites for hydroxylation is 1. The lowest BCUT2D eigenvalue weighted by atomic mass is 10.0. The molecule has 2 atom stereocenters. The largest absolute Gasteiger partial charge is 0.484 e. The molecule has 0 radical (unpaired) electrons.